The summed E-state index contributed by atoms with van der Waals surface area (Å²) in [4.78, 5) is 25.7. The van der Waals surface area contributed by atoms with Gasteiger partial charge >= 0.3 is 5.97 Å². The van der Waals surface area contributed by atoms with Crippen molar-refractivity contribution in [1.82, 2.24) is 10.2 Å². The number of ether oxygens (including phenoxy) is 1. The van der Waals surface area contributed by atoms with Crippen LogP contribution < -0.4 is 5.32 Å². The predicted molar refractivity (Wildman–Crippen MR) is 74.9 cm³/mol. The molecule has 1 aliphatic rings. The Morgan fingerprint density at radius 1 is 1.40 bits per heavy atom. The van der Waals surface area contributed by atoms with Gasteiger partial charge in [-0.3, -0.25) is 14.5 Å². The third-order valence-electron chi connectivity index (χ3n) is 3.45. The Hall–Kier alpha value is -1.88. The monoisotopic (exact) mass is 276 g/mol. The molecule has 0 saturated carbocycles. The fourth-order valence-electron chi connectivity index (χ4n) is 2.30. The van der Waals surface area contributed by atoms with Crippen LogP contribution in [0.2, 0.25) is 0 Å². The second kappa shape index (κ2) is 7.05. The number of carbonyl (C=O) groups excluding carboxylic acids is 2. The van der Waals surface area contributed by atoms with Crippen LogP contribution in [0.1, 0.15) is 18.9 Å². The molecule has 108 valence electrons. The summed E-state index contributed by atoms with van der Waals surface area (Å²) in [6.45, 7) is 4.31. The van der Waals surface area contributed by atoms with E-state index in [9.17, 15) is 9.59 Å². The summed E-state index contributed by atoms with van der Waals surface area (Å²) in [5.74, 6) is -0.427. The molecule has 0 radical (unpaired) electrons. The molecule has 1 unspecified atom stereocenters. The molecular formula is C15H20N2O3. The number of hydrogen-bond acceptors (Lipinski definition) is 4. The second-order valence-corrected chi connectivity index (χ2v) is 4.78. The first-order valence-corrected chi connectivity index (χ1v) is 6.92. The third-order valence-corrected chi connectivity index (χ3v) is 3.45. The van der Waals surface area contributed by atoms with Crippen molar-refractivity contribution in [3.8, 4) is 0 Å². The summed E-state index contributed by atoms with van der Waals surface area (Å²) < 4.78 is 5.03. The van der Waals surface area contributed by atoms with Crippen molar-refractivity contribution in [2.45, 2.75) is 25.9 Å². The Morgan fingerprint density at radius 3 is 2.85 bits per heavy atom. The first-order valence-electron chi connectivity index (χ1n) is 6.92. The average molecular weight is 276 g/mol. The summed E-state index contributed by atoms with van der Waals surface area (Å²) in [5, 5.41) is 2.84. The first-order chi connectivity index (χ1) is 9.70. The fourth-order valence-corrected chi connectivity index (χ4v) is 2.30. The van der Waals surface area contributed by atoms with Gasteiger partial charge in [-0.15, -0.1) is 0 Å². The molecule has 2 rings (SSSR count). The zero-order valence-electron chi connectivity index (χ0n) is 11.7. The molecule has 1 fully saturated rings. The lowest BCUT2D eigenvalue weighted by Gasteiger charge is -2.32. The van der Waals surface area contributed by atoms with Gasteiger partial charge in [0.2, 0.25) is 5.91 Å². The predicted octanol–water partition coefficient (Wildman–Crippen LogP) is 0.940. The zero-order chi connectivity index (χ0) is 14.4. The summed E-state index contributed by atoms with van der Waals surface area (Å²) in [6.07, 6.45) is 0.152. The number of amides is 1. The van der Waals surface area contributed by atoms with Crippen LogP contribution in [-0.4, -0.2) is 42.5 Å². The number of nitrogens with zero attached hydrogens (tertiary/aromatic N) is 1. The standard InChI is InChI=1S/C15H20N2O3/c1-2-17-8-9-20-15(19)13(17)10-14(18)16-11-12-6-4-3-5-7-12/h3-7,13H,2,8-11H2,1H3,(H,16,18). The van der Waals surface area contributed by atoms with E-state index in [0.29, 0.717) is 19.7 Å². The largest absolute Gasteiger partial charge is 0.463 e. The molecule has 1 saturated heterocycles. The maximum Gasteiger partial charge on any atom is 0.323 e. The number of nitrogens with one attached hydrogen (secondary N) is 1. The molecule has 0 bridgehead atoms. The maximum atomic E-state index is 11.9. The molecular weight excluding hydrogens is 256 g/mol. The summed E-state index contributed by atoms with van der Waals surface area (Å²) in [7, 11) is 0. The van der Waals surface area contributed by atoms with Gasteiger partial charge < -0.3 is 10.1 Å². The van der Waals surface area contributed by atoms with E-state index in [1.165, 1.54) is 0 Å². The Kier molecular flexibility index (Phi) is 5.12. The number of morpholine rings is 1. The van der Waals surface area contributed by atoms with E-state index in [1.54, 1.807) is 0 Å². The lowest BCUT2D eigenvalue weighted by Crippen LogP contribution is -2.50. The van der Waals surface area contributed by atoms with Gasteiger partial charge in [0.05, 0.1) is 6.42 Å². The van der Waals surface area contributed by atoms with Crippen LogP contribution in [-0.2, 0) is 20.9 Å². The van der Waals surface area contributed by atoms with Crippen molar-refractivity contribution < 1.29 is 14.3 Å². The highest BCUT2D eigenvalue weighted by Gasteiger charge is 2.32. The molecule has 0 spiro atoms. The van der Waals surface area contributed by atoms with E-state index in [2.05, 4.69) is 5.32 Å². The summed E-state index contributed by atoms with van der Waals surface area (Å²) in [5.41, 5.74) is 1.04. The molecule has 0 aromatic heterocycles. The molecule has 5 heteroatoms. The average Bonchev–Trinajstić information content (AvgIpc) is 2.48. The van der Waals surface area contributed by atoms with Gasteiger partial charge in [0, 0.05) is 13.1 Å². The van der Waals surface area contributed by atoms with Crippen LogP contribution >= 0.6 is 0 Å². The normalized spacial score (nSPS) is 19.4. The molecule has 0 aliphatic carbocycles. The second-order valence-electron chi connectivity index (χ2n) is 4.78. The zero-order valence-corrected chi connectivity index (χ0v) is 11.7. The third kappa shape index (κ3) is 3.81. The van der Waals surface area contributed by atoms with Gasteiger partial charge in [0.15, 0.2) is 0 Å². The van der Waals surface area contributed by atoms with Crippen LogP contribution in [0.15, 0.2) is 30.3 Å². The van der Waals surface area contributed by atoms with Crippen LogP contribution in [0.4, 0.5) is 0 Å². The number of carbonyl (C=O) groups is 2. The fraction of sp³-hybridized carbons (Fsp3) is 0.467. The molecule has 1 aliphatic heterocycles. The van der Waals surface area contributed by atoms with E-state index < -0.39 is 6.04 Å². The van der Waals surface area contributed by atoms with E-state index in [-0.39, 0.29) is 18.3 Å². The number of hydrogen-bond donors (Lipinski definition) is 1. The number of esters is 1. The quantitative estimate of drug-likeness (QED) is 0.813. The van der Waals surface area contributed by atoms with Crippen molar-refractivity contribution in [3.63, 3.8) is 0 Å². The Labute approximate surface area is 118 Å². The summed E-state index contributed by atoms with van der Waals surface area (Å²) in [6, 6.07) is 9.24. The van der Waals surface area contributed by atoms with Crippen molar-refractivity contribution in [2.24, 2.45) is 0 Å². The van der Waals surface area contributed by atoms with Crippen LogP contribution in [0.5, 0.6) is 0 Å². The molecule has 1 N–H and O–H groups in total. The first kappa shape index (κ1) is 14.5. The topological polar surface area (TPSA) is 58.6 Å². The Bertz CT molecular complexity index is 461. The van der Waals surface area contributed by atoms with Gasteiger partial charge in [-0.2, -0.15) is 0 Å². The lowest BCUT2D eigenvalue weighted by molar-refractivity contribution is -0.159. The SMILES string of the molecule is CCN1CCOC(=O)C1CC(=O)NCc1ccccc1. The minimum absolute atomic E-state index is 0.129. The summed E-state index contributed by atoms with van der Waals surface area (Å²) >= 11 is 0. The molecule has 5 nitrogen and oxygen atoms in total. The van der Waals surface area contributed by atoms with Crippen LogP contribution in [0, 0.1) is 0 Å². The molecule has 1 aromatic rings. The molecule has 1 heterocycles. The van der Waals surface area contributed by atoms with Crippen molar-refractivity contribution in [3.05, 3.63) is 35.9 Å². The van der Waals surface area contributed by atoms with Gasteiger partial charge in [-0.05, 0) is 12.1 Å². The van der Waals surface area contributed by atoms with Crippen LogP contribution in [0.25, 0.3) is 0 Å². The number of rotatable bonds is 5. The highest BCUT2D eigenvalue weighted by atomic mass is 16.5. The number of likely N-dealkylation sites (N-methyl/N-ethyl adjacent to an activating group) is 1. The lowest BCUT2D eigenvalue weighted by atomic mass is 10.1. The molecule has 1 atom stereocenters. The van der Waals surface area contributed by atoms with E-state index in [4.69, 9.17) is 4.74 Å². The number of benzene rings is 1. The maximum absolute atomic E-state index is 11.9. The van der Waals surface area contributed by atoms with Gasteiger partial charge in [-0.25, -0.2) is 0 Å². The van der Waals surface area contributed by atoms with Gasteiger partial charge in [-0.1, -0.05) is 37.3 Å². The molecule has 1 aromatic carbocycles. The Balaban J connectivity index is 1.85. The van der Waals surface area contributed by atoms with Gasteiger partial charge in [0.1, 0.15) is 12.6 Å². The minimum Gasteiger partial charge on any atom is -0.463 e. The van der Waals surface area contributed by atoms with Gasteiger partial charge in [0.25, 0.3) is 0 Å². The van der Waals surface area contributed by atoms with Crippen molar-refractivity contribution in [1.29, 1.82) is 0 Å². The minimum atomic E-state index is -0.454. The Morgan fingerprint density at radius 2 is 2.15 bits per heavy atom. The smallest absolute Gasteiger partial charge is 0.323 e. The molecule has 20 heavy (non-hydrogen) atoms. The van der Waals surface area contributed by atoms with Crippen LogP contribution in [0.3, 0.4) is 0 Å². The van der Waals surface area contributed by atoms with E-state index in [0.717, 1.165) is 12.1 Å². The molecule has 1 amide bonds. The van der Waals surface area contributed by atoms with E-state index >= 15 is 0 Å². The van der Waals surface area contributed by atoms with E-state index in [1.807, 2.05) is 42.2 Å². The highest BCUT2D eigenvalue weighted by molar-refractivity contribution is 5.85. The highest BCUT2D eigenvalue weighted by Crippen LogP contribution is 2.11. The number of cyclic esters (lactones) is 1. The van der Waals surface area contributed by atoms with Crippen molar-refractivity contribution >= 4 is 11.9 Å². The van der Waals surface area contributed by atoms with Crippen molar-refractivity contribution in [2.75, 3.05) is 19.7 Å².